The van der Waals surface area contributed by atoms with E-state index in [0.717, 1.165) is 19.3 Å². The monoisotopic (exact) mass is 258 g/mol. The molecule has 0 aliphatic rings. The third-order valence-corrected chi connectivity index (χ3v) is 2.66. The Morgan fingerprint density at radius 1 is 1.44 bits per heavy atom. The Morgan fingerprint density at radius 3 is 2.56 bits per heavy atom. The molecular weight excluding hydrogens is 241 g/mol. The average Bonchev–Trinajstić information content (AvgIpc) is 2.19. The van der Waals surface area contributed by atoms with E-state index >= 15 is 0 Å². The van der Waals surface area contributed by atoms with Crippen LogP contribution in [0, 0.1) is 5.92 Å². The van der Waals surface area contributed by atoms with Crippen molar-refractivity contribution < 1.29 is 22.1 Å². The van der Waals surface area contributed by atoms with E-state index in [4.69, 9.17) is 0 Å². The van der Waals surface area contributed by atoms with Crippen molar-refractivity contribution >= 4 is 18.0 Å². The van der Waals surface area contributed by atoms with E-state index in [9.17, 15) is 18.0 Å². The molecule has 0 heterocycles. The molecule has 0 radical (unpaired) electrons. The fraction of sp³-hybridized carbons (Fsp3) is 0.900. The van der Waals surface area contributed by atoms with Gasteiger partial charge in [0.2, 0.25) is 0 Å². The smallest absolute Gasteiger partial charge is 0.390 e. The predicted octanol–water partition coefficient (Wildman–Crippen LogP) is 3.96. The van der Waals surface area contributed by atoms with Gasteiger partial charge in [0.25, 0.3) is 0 Å². The highest BCUT2D eigenvalue weighted by atomic mass is 32.2. The Bertz CT molecular complexity index is 207. The molecule has 0 aromatic carbocycles. The first-order chi connectivity index (χ1) is 7.37. The van der Waals surface area contributed by atoms with Gasteiger partial charge in [-0.05, 0) is 6.42 Å². The van der Waals surface area contributed by atoms with Gasteiger partial charge in [0.05, 0.1) is 24.4 Å². The normalized spacial score (nSPS) is 13.6. The molecule has 1 atom stereocenters. The van der Waals surface area contributed by atoms with Crippen LogP contribution in [0.1, 0.15) is 39.5 Å². The minimum atomic E-state index is -4.19. The van der Waals surface area contributed by atoms with Crippen molar-refractivity contribution in [1.29, 1.82) is 0 Å². The number of rotatable bonds is 7. The summed E-state index contributed by atoms with van der Waals surface area (Å²) in [4.78, 5) is 11.2. The number of carbonyl (C=O) groups is 1. The van der Waals surface area contributed by atoms with Gasteiger partial charge in [-0.3, -0.25) is 4.79 Å². The second kappa shape index (κ2) is 7.81. The molecule has 0 rings (SSSR count). The fourth-order valence-corrected chi connectivity index (χ4v) is 1.65. The van der Waals surface area contributed by atoms with Crippen LogP contribution in [-0.2, 0) is 8.98 Å². The quantitative estimate of drug-likeness (QED) is 0.511. The highest BCUT2D eigenvalue weighted by molar-refractivity contribution is 7.95. The standard InChI is InChI=1S/C10H17F3O2S/c1-3-4-5-8(2)9(14)15-16-7-6-10(11,12)13/h8H,3-7H2,1-2H3. The Balaban J connectivity index is 3.57. The van der Waals surface area contributed by atoms with E-state index in [-0.39, 0.29) is 11.7 Å². The lowest BCUT2D eigenvalue weighted by molar-refractivity contribution is -0.138. The van der Waals surface area contributed by atoms with Gasteiger partial charge >= 0.3 is 12.1 Å². The van der Waals surface area contributed by atoms with Crippen molar-refractivity contribution in [3.63, 3.8) is 0 Å². The van der Waals surface area contributed by atoms with Crippen LogP contribution in [-0.4, -0.2) is 17.9 Å². The first kappa shape index (κ1) is 15.6. The molecule has 0 saturated carbocycles. The zero-order valence-electron chi connectivity index (χ0n) is 9.47. The lowest BCUT2D eigenvalue weighted by Gasteiger charge is -2.09. The second-order valence-corrected chi connectivity index (χ2v) is 4.44. The van der Waals surface area contributed by atoms with E-state index in [1.165, 1.54) is 0 Å². The van der Waals surface area contributed by atoms with Crippen LogP contribution in [0.4, 0.5) is 13.2 Å². The maximum atomic E-state index is 11.8. The maximum Gasteiger partial charge on any atom is 0.390 e. The van der Waals surface area contributed by atoms with E-state index in [0.29, 0.717) is 12.0 Å². The summed E-state index contributed by atoms with van der Waals surface area (Å²) in [7, 11) is 0. The Kier molecular flexibility index (Phi) is 7.62. The number of hydrogen-bond donors (Lipinski definition) is 0. The minimum Gasteiger partial charge on any atom is -0.391 e. The molecule has 0 aliphatic heterocycles. The Hall–Kier alpha value is -0.390. The van der Waals surface area contributed by atoms with E-state index in [1.54, 1.807) is 6.92 Å². The molecular formula is C10H17F3O2S. The molecule has 0 spiro atoms. The third kappa shape index (κ3) is 8.88. The molecule has 96 valence electrons. The fourth-order valence-electron chi connectivity index (χ4n) is 0.967. The summed E-state index contributed by atoms with van der Waals surface area (Å²) in [5, 5.41) is 0. The summed E-state index contributed by atoms with van der Waals surface area (Å²) >= 11 is 0.580. The van der Waals surface area contributed by atoms with Crippen molar-refractivity contribution in [2.75, 3.05) is 5.75 Å². The number of unbranched alkanes of at least 4 members (excludes halogenated alkanes) is 1. The topological polar surface area (TPSA) is 26.3 Å². The Morgan fingerprint density at radius 2 is 2.06 bits per heavy atom. The molecule has 1 unspecified atom stereocenters. The van der Waals surface area contributed by atoms with Crippen molar-refractivity contribution in [2.45, 2.75) is 45.7 Å². The summed E-state index contributed by atoms with van der Waals surface area (Å²) in [6, 6.07) is 0. The molecule has 0 aromatic rings. The first-order valence-electron chi connectivity index (χ1n) is 5.27. The molecule has 16 heavy (non-hydrogen) atoms. The van der Waals surface area contributed by atoms with Gasteiger partial charge in [-0.25, -0.2) is 0 Å². The van der Waals surface area contributed by atoms with Gasteiger partial charge in [0.15, 0.2) is 0 Å². The number of halogens is 3. The van der Waals surface area contributed by atoms with Crippen LogP contribution in [0.15, 0.2) is 0 Å². The molecule has 0 amide bonds. The second-order valence-electron chi connectivity index (χ2n) is 3.63. The van der Waals surface area contributed by atoms with Crippen LogP contribution in [0.5, 0.6) is 0 Å². The van der Waals surface area contributed by atoms with Crippen LogP contribution in [0.3, 0.4) is 0 Å². The van der Waals surface area contributed by atoms with Crippen molar-refractivity contribution in [2.24, 2.45) is 5.92 Å². The summed E-state index contributed by atoms with van der Waals surface area (Å²) in [5.41, 5.74) is 0. The average molecular weight is 258 g/mol. The number of carbonyl (C=O) groups excluding carboxylic acids is 1. The molecule has 0 bridgehead atoms. The molecule has 0 aromatic heterocycles. The highest BCUT2D eigenvalue weighted by Crippen LogP contribution is 2.23. The zero-order chi connectivity index (χ0) is 12.6. The maximum absolute atomic E-state index is 11.8. The van der Waals surface area contributed by atoms with Crippen LogP contribution in [0.25, 0.3) is 0 Å². The molecule has 6 heteroatoms. The van der Waals surface area contributed by atoms with Gasteiger partial charge in [0.1, 0.15) is 0 Å². The van der Waals surface area contributed by atoms with E-state index < -0.39 is 18.6 Å². The third-order valence-electron chi connectivity index (χ3n) is 2.00. The highest BCUT2D eigenvalue weighted by Gasteiger charge is 2.27. The SMILES string of the molecule is CCCCC(C)C(=O)OSCCC(F)(F)F. The van der Waals surface area contributed by atoms with Crippen LogP contribution < -0.4 is 0 Å². The summed E-state index contributed by atoms with van der Waals surface area (Å²) in [6.45, 7) is 3.73. The van der Waals surface area contributed by atoms with Gasteiger partial charge in [0, 0.05) is 5.75 Å². The van der Waals surface area contributed by atoms with E-state index in [1.807, 2.05) is 6.92 Å². The Labute approximate surface area is 98.1 Å². The summed E-state index contributed by atoms with van der Waals surface area (Å²) < 4.78 is 39.9. The lowest BCUT2D eigenvalue weighted by atomic mass is 10.1. The van der Waals surface area contributed by atoms with Gasteiger partial charge < -0.3 is 4.18 Å². The van der Waals surface area contributed by atoms with Gasteiger partial charge in [-0.15, -0.1) is 0 Å². The summed E-state index contributed by atoms with van der Waals surface area (Å²) in [5.74, 6) is -0.908. The lowest BCUT2D eigenvalue weighted by Crippen LogP contribution is -2.13. The molecule has 0 fully saturated rings. The van der Waals surface area contributed by atoms with Crippen LogP contribution in [0.2, 0.25) is 0 Å². The van der Waals surface area contributed by atoms with E-state index in [2.05, 4.69) is 4.18 Å². The molecule has 0 aliphatic carbocycles. The molecule has 0 N–H and O–H groups in total. The van der Waals surface area contributed by atoms with Crippen LogP contribution >= 0.6 is 12.0 Å². The largest absolute Gasteiger partial charge is 0.391 e. The number of hydrogen-bond acceptors (Lipinski definition) is 3. The summed E-state index contributed by atoms with van der Waals surface area (Å²) in [6.07, 6.45) is -2.50. The zero-order valence-corrected chi connectivity index (χ0v) is 10.3. The number of alkyl halides is 3. The van der Waals surface area contributed by atoms with Crippen molar-refractivity contribution in [1.82, 2.24) is 0 Å². The van der Waals surface area contributed by atoms with Crippen molar-refractivity contribution in [3.05, 3.63) is 0 Å². The molecule has 0 saturated heterocycles. The van der Waals surface area contributed by atoms with Gasteiger partial charge in [-0.1, -0.05) is 26.7 Å². The minimum absolute atomic E-state index is 0.238. The molecule has 2 nitrogen and oxygen atoms in total. The van der Waals surface area contributed by atoms with Crippen molar-refractivity contribution in [3.8, 4) is 0 Å². The predicted molar refractivity (Wildman–Crippen MR) is 57.9 cm³/mol. The van der Waals surface area contributed by atoms with Gasteiger partial charge in [-0.2, -0.15) is 13.2 Å². The first-order valence-corrected chi connectivity index (χ1v) is 6.18.